The molecule has 1 aliphatic carbocycles. The van der Waals surface area contributed by atoms with Gasteiger partial charge in [-0.1, -0.05) is 0 Å². The number of nitriles is 1. The van der Waals surface area contributed by atoms with Crippen LogP contribution in [0, 0.1) is 16.7 Å². The number of rotatable bonds is 4. The van der Waals surface area contributed by atoms with E-state index in [4.69, 9.17) is 10.00 Å². The molecule has 4 heteroatoms. The zero-order valence-electron chi connectivity index (χ0n) is 8.23. The average Bonchev–Trinajstić information content (AvgIpc) is 2.80. The Balaban J connectivity index is 1.86. The highest BCUT2D eigenvalue weighted by Gasteiger charge is 2.43. The molecule has 0 amide bonds. The molecule has 1 fully saturated rings. The van der Waals surface area contributed by atoms with E-state index in [1.54, 1.807) is 10.9 Å². The Morgan fingerprint density at radius 2 is 2.50 bits per heavy atom. The third-order valence-electron chi connectivity index (χ3n) is 2.64. The molecule has 1 heterocycles. The number of nitrogens with zero attached hydrogens (tertiary/aromatic N) is 3. The Morgan fingerprint density at radius 3 is 3.00 bits per heavy atom. The second kappa shape index (κ2) is 3.33. The minimum Gasteiger partial charge on any atom is -0.490 e. The second-order valence-corrected chi connectivity index (χ2v) is 3.97. The summed E-state index contributed by atoms with van der Waals surface area (Å²) in [4.78, 5) is 0. The number of ether oxygens (including phenoxy) is 1. The lowest BCUT2D eigenvalue weighted by molar-refractivity contribution is 0.236. The molecule has 1 aromatic rings. The first-order chi connectivity index (χ1) is 6.74. The molecular formula is C10H13N3O. The van der Waals surface area contributed by atoms with Gasteiger partial charge in [-0.15, -0.1) is 0 Å². The van der Waals surface area contributed by atoms with E-state index >= 15 is 0 Å². The molecule has 0 spiro atoms. The lowest BCUT2D eigenvalue weighted by atomic mass is 10.1. The van der Waals surface area contributed by atoms with Crippen molar-refractivity contribution < 1.29 is 4.74 Å². The van der Waals surface area contributed by atoms with Crippen molar-refractivity contribution in [2.75, 3.05) is 6.61 Å². The van der Waals surface area contributed by atoms with Crippen molar-refractivity contribution in [2.24, 2.45) is 12.5 Å². The lowest BCUT2D eigenvalue weighted by Gasteiger charge is -2.10. The van der Waals surface area contributed by atoms with Crippen LogP contribution in [0.3, 0.4) is 0 Å². The molecule has 14 heavy (non-hydrogen) atoms. The zero-order chi connectivity index (χ0) is 10.0. The largest absolute Gasteiger partial charge is 0.490 e. The highest BCUT2D eigenvalue weighted by molar-refractivity contribution is 5.12. The second-order valence-electron chi connectivity index (χ2n) is 3.97. The minimum atomic E-state index is 0.143. The van der Waals surface area contributed by atoms with Gasteiger partial charge in [0.05, 0.1) is 25.1 Å². The lowest BCUT2D eigenvalue weighted by Crippen LogP contribution is -2.11. The maximum Gasteiger partial charge on any atom is 0.157 e. The van der Waals surface area contributed by atoms with Crippen LogP contribution in [0.1, 0.15) is 19.3 Å². The van der Waals surface area contributed by atoms with Gasteiger partial charge in [0.15, 0.2) is 5.75 Å². The van der Waals surface area contributed by atoms with Gasteiger partial charge in [-0.25, -0.2) is 0 Å². The highest BCUT2D eigenvalue weighted by Crippen LogP contribution is 2.48. The van der Waals surface area contributed by atoms with Gasteiger partial charge in [0.2, 0.25) is 0 Å². The molecule has 1 aromatic heterocycles. The van der Waals surface area contributed by atoms with Crippen LogP contribution in [-0.2, 0) is 7.05 Å². The first-order valence-electron chi connectivity index (χ1n) is 4.73. The van der Waals surface area contributed by atoms with Gasteiger partial charge in [-0.05, 0) is 12.8 Å². The zero-order valence-corrected chi connectivity index (χ0v) is 8.23. The molecular weight excluding hydrogens is 178 g/mol. The predicted molar refractivity (Wildman–Crippen MR) is 50.6 cm³/mol. The van der Waals surface area contributed by atoms with Crippen molar-refractivity contribution in [1.82, 2.24) is 9.78 Å². The molecule has 1 aliphatic rings. The number of hydrogen-bond donors (Lipinski definition) is 0. The molecule has 1 saturated carbocycles. The quantitative estimate of drug-likeness (QED) is 0.724. The van der Waals surface area contributed by atoms with Crippen LogP contribution in [-0.4, -0.2) is 16.4 Å². The van der Waals surface area contributed by atoms with Gasteiger partial charge in [0.25, 0.3) is 0 Å². The van der Waals surface area contributed by atoms with Crippen LogP contribution in [0.5, 0.6) is 5.75 Å². The Hall–Kier alpha value is -1.50. The van der Waals surface area contributed by atoms with E-state index in [1.807, 2.05) is 13.2 Å². The summed E-state index contributed by atoms with van der Waals surface area (Å²) in [6.07, 6.45) is 6.36. The Labute approximate surface area is 83.1 Å². The Morgan fingerprint density at radius 1 is 1.71 bits per heavy atom. The summed E-state index contributed by atoms with van der Waals surface area (Å²) in [6, 6.07) is 2.21. The normalized spacial score (nSPS) is 17.4. The summed E-state index contributed by atoms with van der Waals surface area (Å²) < 4.78 is 7.28. The summed E-state index contributed by atoms with van der Waals surface area (Å²) >= 11 is 0. The topological polar surface area (TPSA) is 50.8 Å². The van der Waals surface area contributed by atoms with Crippen molar-refractivity contribution in [2.45, 2.75) is 19.3 Å². The van der Waals surface area contributed by atoms with Crippen LogP contribution in [0.15, 0.2) is 12.4 Å². The van der Waals surface area contributed by atoms with E-state index in [-0.39, 0.29) is 5.41 Å². The van der Waals surface area contributed by atoms with Gasteiger partial charge in [-0.2, -0.15) is 10.4 Å². The van der Waals surface area contributed by atoms with Crippen LogP contribution in [0.25, 0.3) is 0 Å². The Bertz CT molecular complexity index is 360. The number of aromatic nitrogens is 2. The monoisotopic (exact) mass is 191 g/mol. The molecule has 4 nitrogen and oxygen atoms in total. The van der Waals surface area contributed by atoms with Gasteiger partial charge >= 0.3 is 0 Å². The molecule has 0 bridgehead atoms. The molecule has 0 atom stereocenters. The first kappa shape index (κ1) is 9.07. The maximum absolute atomic E-state index is 8.62. The van der Waals surface area contributed by atoms with E-state index in [0.717, 1.165) is 18.6 Å². The third-order valence-corrected chi connectivity index (χ3v) is 2.64. The van der Waals surface area contributed by atoms with E-state index < -0.39 is 0 Å². The van der Waals surface area contributed by atoms with E-state index in [2.05, 4.69) is 11.2 Å². The van der Waals surface area contributed by atoms with Gasteiger partial charge in [0.1, 0.15) is 0 Å². The molecule has 0 radical (unpaired) electrons. The van der Waals surface area contributed by atoms with Crippen molar-refractivity contribution in [3.8, 4) is 11.8 Å². The van der Waals surface area contributed by atoms with Crippen LogP contribution >= 0.6 is 0 Å². The molecule has 0 saturated heterocycles. The average molecular weight is 191 g/mol. The van der Waals surface area contributed by atoms with Gasteiger partial charge < -0.3 is 4.74 Å². The molecule has 0 aromatic carbocycles. The summed E-state index contributed by atoms with van der Waals surface area (Å²) in [6.45, 7) is 0.645. The van der Waals surface area contributed by atoms with E-state index in [1.165, 1.54) is 0 Å². The van der Waals surface area contributed by atoms with Gasteiger partial charge in [0, 0.05) is 18.9 Å². The fourth-order valence-electron chi connectivity index (χ4n) is 1.43. The van der Waals surface area contributed by atoms with Crippen molar-refractivity contribution in [3.05, 3.63) is 12.4 Å². The molecule has 0 N–H and O–H groups in total. The molecule has 0 aliphatic heterocycles. The minimum absolute atomic E-state index is 0.143. The standard InChI is InChI=1S/C10H13N3O/c1-13-7-9(6-12-13)14-8-10(2-3-10)4-5-11/h6-7H,2-4,8H2,1H3. The van der Waals surface area contributed by atoms with E-state index in [0.29, 0.717) is 13.0 Å². The SMILES string of the molecule is Cn1cc(OCC2(CC#N)CC2)cn1. The maximum atomic E-state index is 8.62. The van der Waals surface area contributed by atoms with E-state index in [9.17, 15) is 0 Å². The van der Waals surface area contributed by atoms with Crippen molar-refractivity contribution in [3.63, 3.8) is 0 Å². The Kier molecular flexibility index (Phi) is 2.16. The van der Waals surface area contributed by atoms with Crippen LogP contribution in [0.2, 0.25) is 0 Å². The fraction of sp³-hybridized carbons (Fsp3) is 0.600. The summed E-state index contributed by atoms with van der Waals surface area (Å²) in [5, 5.41) is 12.6. The molecule has 0 unspecified atom stereocenters. The summed E-state index contributed by atoms with van der Waals surface area (Å²) in [7, 11) is 1.86. The van der Waals surface area contributed by atoms with Crippen molar-refractivity contribution >= 4 is 0 Å². The highest BCUT2D eigenvalue weighted by atomic mass is 16.5. The molecule has 74 valence electrons. The van der Waals surface area contributed by atoms with Crippen molar-refractivity contribution in [1.29, 1.82) is 5.26 Å². The number of hydrogen-bond acceptors (Lipinski definition) is 3. The van der Waals surface area contributed by atoms with Gasteiger partial charge in [-0.3, -0.25) is 4.68 Å². The smallest absolute Gasteiger partial charge is 0.157 e. The van der Waals surface area contributed by atoms with Crippen LogP contribution < -0.4 is 4.74 Å². The fourth-order valence-corrected chi connectivity index (χ4v) is 1.43. The summed E-state index contributed by atoms with van der Waals surface area (Å²) in [5.41, 5.74) is 0.143. The first-order valence-corrected chi connectivity index (χ1v) is 4.73. The molecule has 2 rings (SSSR count). The third kappa shape index (κ3) is 1.87. The predicted octanol–water partition coefficient (Wildman–Crippen LogP) is 1.49. The number of aryl methyl sites for hydroxylation is 1. The summed E-state index contributed by atoms with van der Waals surface area (Å²) in [5.74, 6) is 0.789. The van der Waals surface area contributed by atoms with Crippen LogP contribution in [0.4, 0.5) is 0 Å².